The Bertz CT molecular complexity index is 1280. The molecule has 11 nitrogen and oxygen atoms in total. The third kappa shape index (κ3) is 5.07. The Morgan fingerprint density at radius 1 is 1.20 bits per heavy atom. The van der Waals surface area contributed by atoms with Crippen LogP contribution in [0.5, 0.6) is 0 Å². The molecule has 0 radical (unpaired) electrons. The highest BCUT2D eigenvalue weighted by molar-refractivity contribution is 7.90. The number of nitrogen functional groups attached to an aromatic ring is 1. The number of primary sulfonamides is 1. The Morgan fingerprint density at radius 2 is 1.90 bits per heavy atom. The number of nitrogens with two attached hydrogens (primary N) is 2. The molecule has 0 amide bonds. The SMILES string of the molecule is Cl.NNc1nncc2ccccc12.NS(=O)(=O)c1cc2c(cc1Cl)NCNS2(=O)=O. The maximum absolute atomic E-state index is 11.6. The van der Waals surface area contributed by atoms with Crippen molar-refractivity contribution in [2.45, 2.75) is 9.79 Å². The van der Waals surface area contributed by atoms with Gasteiger partial charge in [0.05, 0.1) is 23.6 Å². The van der Waals surface area contributed by atoms with Crippen LogP contribution in [0.25, 0.3) is 10.8 Å². The van der Waals surface area contributed by atoms with Gasteiger partial charge in [0.1, 0.15) is 9.79 Å². The van der Waals surface area contributed by atoms with Crippen molar-refractivity contribution in [1.29, 1.82) is 0 Å². The molecule has 1 aromatic heterocycles. The second-order valence-electron chi connectivity index (χ2n) is 5.75. The molecule has 0 saturated heterocycles. The fraction of sp³-hybridized carbons (Fsp3) is 0.0667. The van der Waals surface area contributed by atoms with Crippen molar-refractivity contribution in [2.24, 2.45) is 11.0 Å². The lowest BCUT2D eigenvalue weighted by Crippen LogP contribution is -2.34. The first kappa shape index (κ1) is 24.0. The van der Waals surface area contributed by atoms with Crippen molar-refractivity contribution in [2.75, 3.05) is 17.4 Å². The Hall–Kier alpha value is -2.26. The molecule has 1 aliphatic rings. The van der Waals surface area contributed by atoms with Gasteiger partial charge in [-0.3, -0.25) is 0 Å². The van der Waals surface area contributed by atoms with Crippen molar-refractivity contribution in [3.05, 3.63) is 47.6 Å². The maximum atomic E-state index is 11.6. The average molecular weight is 494 g/mol. The number of hydrazine groups is 1. The maximum Gasteiger partial charge on any atom is 0.244 e. The highest BCUT2D eigenvalue weighted by Crippen LogP contribution is 2.32. The molecule has 7 N–H and O–H groups in total. The quantitative estimate of drug-likeness (QED) is 0.256. The van der Waals surface area contributed by atoms with Gasteiger partial charge in [0.2, 0.25) is 20.0 Å². The van der Waals surface area contributed by atoms with E-state index in [2.05, 4.69) is 25.7 Å². The number of halogens is 2. The van der Waals surface area contributed by atoms with E-state index >= 15 is 0 Å². The first-order valence-electron chi connectivity index (χ1n) is 7.90. The second kappa shape index (κ2) is 9.26. The number of sulfonamides is 2. The van der Waals surface area contributed by atoms with E-state index in [9.17, 15) is 16.8 Å². The second-order valence-corrected chi connectivity index (χ2v) is 9.42. The number of benzene rings is 2. The molecule has 2 heterocycles. The number of nitrogens with one attached hydrogen (secondary N) is 3. The third-order valence-corrected chi connectivity index (χ3v) is 6.70. The molecule has 0 aliphatic carbocycles. The first-order chi connectivity index (χ1) is 13.6. The molecule has 2 aromatic carbocycles. The summed E-state index contributed by atoms with van der Waals surface area (Å²) < 4.78 is 47.9. The standard InChI is InChI=1S/C8H8N4.C7H8ClN3O4S2.ClH/c9-11-8-7-4-2-1-3-6(7)5-10-12-8;8-4-1-5-7(2-6(4)16(9,12)13)17(14,15)11-3-10-5;/h1-5H,9H2,(H,11,12);1-2,10-11H,3H2,(H2,9,12,13);1H. The van der Waals surface area contributed by atoms with E-state index in [0.717, 1.165) is 16.8 Å². The van der Waals surface area contributed by atoms with E-state index in [1.54, 1.807) is 6.20 Å². The van der Waals surface area contributed by atoms with Crippen molar-refractivity contribution < 1.29 is 16.8 Å². The van der Waals surface area contributed by atoms with Crippen LogP contribution in [0.1, 0.15) is 0 Å². The molecule has 30 heavy (non-hydrogen) atoms. The van der Waals surface area contributed by atoms with Gasteiger partial charge >= 0.3 is 0 Å². The van der Waals surface area contributed by atoms with Crippen molar-refractivity contribution >= 4 is 66.3 Å². The van der Waals surface area contributed by atoms with E-state index < -0.39 is 24.9 Å². The van der Waals surface area contributed by atoms with E-state index in [1.165, 1.54) is 6.07 Å². The third-order valence-electron chi connectivity index (χ3n) is 3.88. The van der Waals surface area contributed by atoms with E-state index in [-0.39, 0.29) is 34.7 Å². The van der Waals surface area contributed by atoms with Crippen molar-refractivity contribution in [3.63, 3.8) is 0 Å². The lowest BCUT2D eigenvalue weighted by atomic mass is 10.2. The smallest absolute Gasteiger partial charge is 0.244 e. The number of hydrogen-bond acceptors (Lipinski definition) is 9. The number of rotatable bonds is 2. The van der Waals surface area contributed by atoms with Crippen LogP contribution in [0.15, 0.2) is 52.4 Å². The lowest BCUT2D eigenvalue weighted by Gasteiger charge is -2.20. The van der Waals surface area contributed by atoms with Crippen LogP contribution in [-0.4, -0.2) is 33.7 Å². The van der Waals surface area contributed by atoms with Crippen LogP contribution in [0.3, 0.4) is 0 Å². The molecule has 0 atom stereocenters. The van der Waals surface area contributed by atoms with Gasteiger partial charge in [-0.1, -0.05) is 35.9 Å². The molecule has 0 saturated carbocycles. The molecular formula is C15H17Cl2N7O4S2. The molecule has 0 bridgehead atoms. The predicted molar refractivity (Wildman–Crippen MR) is 116 cm³/mol. The summed E-state index contributed by atoms with van der Waals surface area (Å²) >= 11 is 5.72. The zero-order valence-electron chi connectivity index (χ0n) is 15.0. The van der Waals surface area contributed by atoms with Crippen molar-refractivity contribution in [3.8, 4) is 0 Å². The van der Waals surface area contributed by atoms with Crippen LogP contribution >= 0.6 is 24.0 Å². The highest BCUT2D eigenvalue weighted by Gasteiger charge is 2.26. The summed E-state index contributed by atoms with van der Waals surface area (Å²) in [7, 11) is -7.80. The van der Waals surface area contributed by atoms with E-state index in [4.69, 9.17) is 22.6 Å². The summed E-state index contributed by atoms with van der Waals surface area (Å²) in [4.78, 5) is -0.621. The molecule has 4 rings (SSSR count). The summed E-state index contributed by atoms with van der Waals surface area (Å²) in [6.45, 7) is 0.0143. The summed E-state index contributed by atoms with van der Waals surface area (Å²) in [5.41, 5.74) is 2.73. The molecule has 0 fully saturated rings. The zero-order valence-corrected chi connectivity index (χ0v) is 18.2. The van der Waals surface area contributed by atoms with Gasteiger partial charge in [0.25, 0.3) is 0 Å². The largest absolute Gasteiger partial charge is 0.370 e. The summed E-state index contributed by atoms with van der Waals surface area (Å²) in [6, 6.07) is 9.94. The van der Waals surface area contributed by atoms with Crippen LogP contribution in [0.4, 0.5) is 11.5 Å². The van der Waals surface area contributed by atoms with Gasteiger partial charge in [-0.05, 0) is 12.1 Å². The van der Waals surface area contributed by atoms with E-state index in [0.29, 0.717) is 5.82 Å². The molecule has 1 aliphatic heterocycles. The van der Waals surface area contributed by atoms with Gasteiger partial charge in [-0.2, -0.15) is 9.82 Å². The minimum Gasteiger partial charge on any atom is -0.370 e. The molecule has 15 heteroatoms. The average Bonchev–Trinajstić information content (AvgIpc) is 2.66. The molecule has 0 spiro atoms. The monoisotopic (exact) mass is 493 g/mol. The predicted octanol–water partition coefficient (Wildman–Crippen LogP) is 0.986. The molecule has 0 unspecified atom stereocenters. The normalized spacial score (nSPS) is 14.4. The minimum absolute atomic E-state index is 0. The molecule has 3 aromatic rings. The Kier molecular flexibility index (Phi) is 7.41. The lowest BCUT2D eigenvalue weighted by molar-refractivity contribution is 0.581. The first-order valence-corrected chi connectivity index (χ1v) is 11.3. The highest BCUT2D eigenvalue weighted by atomic mass is 35.5. The summed E-state index contributed by atoms with van der Waals surface area (Å²) in [5.74, 6) is 5.87. The number of hydrogen-bond donors (Lipinski definition) is 5. The summed E-state index contributed by atoms with van der Waals surface area (Å²) in [6.07, 6.45) is 1.70. The van der Waals surface area contributed by atoms with E-state index in [1.807, 2.05) is 24.3 Å². The van der Waals surface area contributed by atoms with Crippen LogP contribution in [0.2, 0.25) is 5.02 Å². The van der Waals surface area contributed by atoms with Gasteiger partial charge in [-0.25, -0.2) is 27.8 Å². The Labute approximate surface area is 183 Å². The van der Waals surface area contributed by atoms with Gasteiger partial charge < -0.3 is 10.7 Å². The topological polar surface area (TPSA) is 182 Å². The Balaban J connectivity index is 0.000000218. The number of aromatic nitrogens is 2. The molecule has 162 valence electrons. The fourth-order valence-electron chi connectivity index (χ4n) is 2.55. The molecular weight excluding hydrogens is 477 g/mol. The van der Waals surface area contributed by atoms with Gasteiger partial charge in [-0.15, -0.1) is 17.5 Å². The zero-order chi connectivity index (χ0) is 21.2. The van der Waals surface area contributed by atoms with Gasteiger partial charge in [0, 0.05) is 10.8 Å². The number of fused-ring (bicyclic) bond motifs is 2. The summed E-state index contributed by atoms with van der Waals surface area (Å²) in [5, 5.41) is 17.2. The van der Waals surface area contributed by atoms with Crippen molar-refractivity contribution in [1.82, 2.24) is 14.9 Å². The minimum atomic E-state index is -4.07. The van der Waals surface area contributed by atoms with Crippen LogP contribution in [-0.2, 0) is 20.0 Å². The number of nitrogens with zero attached hydrogens (tertiary/aromatic N) is 2. The van der Waals surface area contributed by atoms with Crippen LogP contribution in [0, 0.1) is 0 Å². The Morgan fingerprint density at radius 3 is 2.57 bits per heavy atom. The number of anilines is 2. The van der Waals surface area contributed by atoms with Crippen LogP contribution < -0.4 is 26.4 Å². The fourth-order valence-corrected chi connectivity index (χ4v) is 4.84. The van der Waals surface area contributed by atoms with Gasteiger partial charge in [0.15, 0.2) is 5.82 Å².